The fraction of sp³-hybridized carbons (Fsp3) is 0.529. The van der Waals surface area contributed by atoms with Gasteiger partial charge in [-0.25, -0.2) is 0 Å². The number of amides is 1. The van der Waals surface area contributed by atoms with Gasteiger partial charge in [-0.1, -0.05) is 12.1 Å². The van der Waals surface area contributed by atoms with Gasteiger partial charge in [0.25, 0.3) is 0 Å². The molecule has 0 bridgehead atoms. The van der Waals surface area contributed by atoms with E-state index in [9.17, 15) is 4.79 Å². The summed E-state index contributed by atoms with van der Waals surface area (Å²) < 4.78 is 0. The summed E-state index contributed by atoms with van der Waals surface area (Å²) in [7, 11) is 0. The van der Waals surface area contributed by atoms with Crippen molar-refractivity contribution in [3.05, 3.63) is 29.3 Å². The first-order chi connectivity index (χ1) is 9.86. The summed E-state index contributed by atoms with van der Waals surface area (Å²) in [6, 6.07) is 8.43. The van der Waals surface area contributed by atoms with E-state index in [4.69, 9.17) is 5.26 Å². The highest BCUT2D eigenvalue weighted by atomic mass is 16.2. The summed E-state index contributed by atoms with van der Waals surface area (Å²) in [5.74, 6) is -0.0642. The number of nitrogens with zero attached hydrogens (tertiary/aromatic N) is 3. The average Bonchev–Trinajstić information content (AvgIpc) is 2.49. The summed E-state index contributed by atoms with van der Waals surface area (Å²) in [5.41, 5.74) is 2.91. The Bertz CT molecular complexity index is 578. The molecule has 1 saturated heterocycles. The topological polar surface area (TPSA) is 47.3 Å². The van der Waals surface area contributed by atoms with Gasteiger partial charge in [0.05, 0.1) is 6.07 Å². The van der Waals surface area contributed by atoms with E-state index in [1.54, 1.807) is 13.8 Å². The molecule has 0 N–H and O–H groups in total. The Hall–Kier alpha value is -2.02. The van der Waals surface area contributed by atoms with Gasteiger partial charge in [-0.2, -0.15) is 5.26 Å². The maximum Gasteiger partial charge on any atom is 0.242 e. The van der Waals surface area contributed by atoms with Crippen molar-refractivity contribution in [2.24, 2.45) is 5.41 Å². The lowest BCUT2D eigenvalue weighted by atomic mass is 9.93. The van der Waals surface area contributed by atoms with Gasteiger partial charge in [-0.05, 0) is 44.9 Å². The molecule has 21 heavy (non-hydrogen) atoms. The van der Waals surface area contributed by atoms with Crippen LogP contribution < -0.4 is 4.90 Å². The van der Waals surface area contributed by atoms with Crippen LogP contribution in [-0.2, 0) is 4.79 Å². The fourth-order valence-corrected chi connectivity index (χ4v) is 2.67. The van der Waals surface area contributed by atoms with E-state index in [0.29, 0.717) is 13.1 Å². The Kier molecular flexibility index (Phi) is 4.22. The number of hydrogen-bond donors (Lipinski definition) is 0. The van der Waals surface area contributed by atoms with Crippen LogP contribution in [-0.4, -0.2) is 37.0 Å². The maximum absolute atomic E-state index is 12.3. The number of benzene rings is 1. The standard InChI is InChI=1S/C17H23N3O/c1-13-6-5-7-15(14(13)2)19-8-10-20(11-9-19)16(21)17(3,4)12-18/h5-7H,8-11H2,1-4H3. The predicted molar refractivity (Wildman–Crippen MR) is 84.1 cm³/mol. The summed E-state index contributed by atoms with van der Waals surface area (Å²) >= 11 is 0. The molecular formula is C17H23N3O. The summed E-state index contributed by atoms with van der Waals surface area (Å²) in [4.78, 5) is 16.4. The quantitative estimate of drug-likeness (QED) is 0.839. The largest absolute Gasteiger partial charge is 0.368 e. The van der Waals surface area contributed by atoms with Crippen LogP contribution in [0.1, 0.15) is 25.0 Å². The monoisotopic (exact) mass is 285 g/mol. The zero-order valence-corrected chi connectivity index (χ0v) is 13.3. The van der Waals surface area contributed by atoms with Gasteiger partial charge in [0, 0.05) is 31.9 Å². The Morgan fingerprint density at radius 1 is 1.19 bits per heavy atom. The van der Waals surface area contributed by atoms with E-state index >= 15 is 0 Å². The smallest absolute Gasteiger partial charge is 0.242 e. The first kappa shape index (κ1) is 15.4. The Morgan fingerprint density at radius 2 is 1.81 bits per heavy atom. The normalized spacial score (nSPS) is 15.8. The number of hydrogen-bond acceptors (Lipinski definition) is 3. The van der Waals surface area contributed by atoms with E-state index in [1.165, 1.54) is 16.8 Å². The molecular weight excluding hydrogens is 262 g/mol. The molecule has 1 amide bonds. The highest BCUT2D eigenvalue weighted by molar-refractivity contribution is 5.84. The second-order valence-electron chi connectivity index (χ2n) is 6.24. The van der Waals surface area contributed by atoms with Gasteiger partial charge in [0.15, 0.2) is 0 Å². The molecule has 4 heteroatoms. The number of rotatable bonds is 2. The Labute approximate surface area is 127 Å². The first-order valence-electron chi connectivity index (χ1n) is 7.38. The molecule has 1 aromatic carbocycles. The van der Waals surface area contributed by atoms with Crippen LogP contribution in [0.3, 0.4) is 0 Å². The third-order valence-electron chi connectivity index (χ3n) is 4.30. The average molecular weight is 285 g/mol. The van der Waals surface area contributed by atoms with Gasteiger partial charge < -0.3 is 9.80 Å². The lowest BCUT2D eigenvalue weighted by molar-refractivity contribution is -0.137. The molecule has 2 rings (SSSR count). The molecule has 4 nitrogen and oxygen atoms in total. The van der Waals surface area contributed by atoms with Crippen LogP contribution in [0.4, 0.5) is 5.69 Å². The molecule has 0 aromatic heterocycles. The third-order valence-corrected chi connectivity index (χ3v) is 4.30. The second-order valence-corrected chi connectivity index (χ2v) is 6.24. The van der Waals surface area contributed by atoms with Crippen molar-refractivity contribution in [1.82, 2.24) is 4.90 Å². The fourth-order valence-electron chi connectivity index (χ4n) is 2.67. The minimum absolute atomic E-state index is 0.0642. The van der Waals surface area contributed by atoms with Gasteiger partial charge in [0.2, 0.25) is 5.91 Å². The summed E-state index contributed by atoms with van der Waals surface area (Å²) in [5, 5.41) is 9.08. The first-order valence-corrected chi connectivity index (χ1v) is 7.38. The molecule has 112 valence electrons. The number of aryl methyl sites for hydroxylation is 1. The van der Waals surface area contributed by atoms with Gasteiger partial charge in [-0.3, -0.25) is 4.79 Å². The van der Waals surface area contributed by atoms with Crippen LogP contribution in [0.2, 0.25) is 0 Å². The lowest BCUT2D eigenvalue weighted by Crippen LogP contribution is -2.52. The van der Waals surface area contributed by atoms with E-state index in [1.807, 2.05) is 4.90 Å². The van der Waals surface area contributed by atoms with Crippen LogP contribution in [0.15, 0.2) is 18.2 Å². The predicted octanol–water partition coefficient (Wildman–Crippen LogP) is 2.50. The molecule has 0 aliphatic carbocycles. The summed E-state index contributed by atoms with van der Waals surface area (Å²) in [6.45, 7) is 10.6. The van der Waals surface area contributed by atoms with Crippen LogP contribution in [0, 0.1) is 30.6 Å². The van der Waals surface area contributed by atoms with Crippen molar-refractivity contribution in [2.45, 2.75) is 27.7 Å². The molecule has 1 heterocycles. The Morgan fingerprint density at radius 3 is 2.38 bits per heavy atom. The van der Waals surface area contributed by atoms with Gasteiger partial charge >= 0.3 is 0 Å². The van der Waals surface area contributed by atoms with Crippen molar-refractivity contribution < 1.29 is 4.79 Å². The SMILES string of the molecule is Cc1cccc(N2CCN(C(=O)C(C)(C)C#N)CC2)c1C. The third kappa shape index (κ3) is 3.02. The molecule has 1 fully saturated rings. The molecule has 0 radical (unpaired) electrons. The van der Waals surface area contributed by atoms with E-state index in [-0.39, 0.29) is 5.91 Å². The van der Waals surface area contributed by atoms with Crippen LogP contribution in [0.25, 0.3) is 0 Å². The highest BCUT2D eigenvalue weighted by Gasteiger charge is 2.33. The van der Waals surface area contributed by atoms with Gasteiger partial charge in [-0.15, -0.1) is 0 Å². The number of nitriles is 1. The zero-order valence-electron chi connectivity index (χ0n) is 13.3. The van der Waals surface area contributed by atoms with Gasteiger partial charge in [0.1, 0.15) is 5.41 Å². The minimum atomic E-state index is -0.929. The molecule has 1 aliphatic heterocycles. The van der Waals surface area contributed by atoms with Crippen molar-refractivity contribution in [3.63, 3.8) is 0 Å². The number of carbonyl (C=O) groups is 1. The van der Waals surface area contributed by atoms with Crippen LogP contribution >= 0.6 is 0 Å². The maximum atomic E-state index is 12.3. The minimum Gasteiger partial charge on any atom is -0.368 e. The van der Waals surface area contributed by atoms with Crippen molar-refractivity contribution >= 4 is 11.6 Å². The van der Waals surface area contributed by atoms with Crippen molar-refractivity contribution in [1.29, 1.82) is 5.26 Å². The molecule has 0 atom stereocenters. The lowest BCUT2D eigenvalue weighted by Gasteiger charge is -2.38. The molecule has 0 saturated carbocycles. The Balaban J connectivity index is 2.06. The van der Waals surface area contributed by atoms with Crippen molar-refractivity contribution in [3.8, 4) is 6.07 Å². The van der Waals surface area contributed by atoms with Crippen LogP contribution in [0.5, 0.6) is 0 Å². The zero-order chi connectivity index (χ0) is 15.6. The number of piperazine rings is 1. The molecule has 0 unspecified atom stereocenters. The van der Waals surface area contributed by atoms with E-state index in [0.717, 1.165) is 13.1 Å². The van der Waals surface area contributed by atoms with E-state index < -0.39 is 5.41 Å². The summed E-state index contributed by atoms with van der Waals surface area (Å²) in [6.07, 6.45) is 0. The second kappa shape index (κ2) is 5.77. The molecule has 1 aromatic rings. The molecule has 0 spiro atoms. The molecule has 1 aliphatic rings. The highest BCUT2D eigenvalue weighted by Crippen LogP contribution is 2.25. The number of anilines is 1. The number of carbonyl (C=O) groups excluding carboxylic acids is 1. The van der Waals surface area contributed by atoms with Crippen molar-refractivity contribution in [2.75, 3.05) is 31.1 Å². The van der Waals surface area contributed by atoms with E-state index in [2.05, 4.69) is 43.0 Å².